The van der Waals surface area contributed by atoms with Crippen LogP contribution in [0.3, 0.4) is 0 Å². The Hall–Kier alpha value is -2.89. The van der Waals surface area contributed by atoms with Crippen molar-refractivity contribution in [1.82, 2.24) is 4.57 Å². The van der Waals surface area contributed by atoms with Gasteiger partial charge in [-0.15, -0.1) is 0 Å². The maximum absolute atomic E-state index is 12.4. The van der Waals surface area contributed by atoms with Crippen LogP contribution in [-0.2, 0) is 20.7 Å². The maximum Gasteiger partial charge on any atom is 0.310 e. The number of carbonyl (C=O) groups excluding carboxylic acids is 3. The molecule has 1 aliphatic rings. The van der Waals surface area contributed by atoms with Crippen LogP contribution >= 0.6 is 0 Å². The number of anilines is 1. The third-order valence-corrected chi connectivity index (χ3v) is 4.68. The highest BCUT2D eigenvalue weighted by atomic mass is 16.5. The minimum Gasteiger partial charge on any atom is -0.457 e. The minimum absolute atomic E-state index is 0.0781. The van der Waals surface area contributed by atoms with Crippen LogP contribution in [0.5, 0.6) is 0 Å². The third kappa shape index (κ3) is 4.64. The minimum atomic E-state index is -0.452. The molecule has 2 aromatic rings. The van der Waals surface area contributed by atoms with Gasteiger partial charge in [0.2, 0.25) is 11.7 Å². The number of amides is 1. The predicted molar refractivity (Wildman–Crippen MR) is 102 cm³/mol. The van der Waals surface area contributed by atoms with E-state index in [2.05, 4.69) is 9.88 Å². The van der Waals surface area contributed by atoms with Gasteiger partial charge in [0.1, 0.15) is 0 Å². The van der Waals surface area contributed by atoms with Gasteiger partial charge in [-0.25, -0.2) is 0 Å². The van der Waals surface area contributed by atoms with E-state index in [1.165, 1.54) is 6.92 Å². The molecule has 1 saturated carbocycles. The Kier molecular flexibility index (Phi) is 5.44. The van der Waals surface area contributed by atoms with E-state index in [1.807, 2.05) is 19.9 Å². The van der Waals surface area contributed by atoms with Gasteiger partial charge in [0, 0.05) is 35.6 Å². The van der Waals surface area contributed by atoms with Crippen LogP contribution < -0.4 is 5.32 Å². The van der Waals surface area contributed by atoms with E-state index in [4.69, 9.17) is 4.74 Å². The summed E-state index contributed by atoms with van der Waals surface area (Å²) in [6, 6.07) is 9.33. The summed E-state index contributed by atoms with van der Waals surface area (Å²) in [7, 11) is 0. The highest BCUT2D eigenvalue weighted by molar-refractivity contribution is 5.99. The molecule has 0 aliphatic heterocycles. The Morgan fingerprint density at radius 3 is 2.41 bits per heavy atom. The van der Waals surface area contributed by atoms with Gasteiger partial charge in [0.25, 0.3) is 0 Å². The van der Waals surface area contributed by atoms with Gasteiger partial charge >= 0.3 is 5.97 Å². The van der Waals surface area contributed by atoms with Crippen LogP contribution in [0.15, 0.2) is 30.3 Å². The molecule has 0 bridgehead atoms. The molecule has 0 atom stereocenters. The molecule has 0 unspecified atom stereocenters. The van der Waals surface area contributed by atoms with Gasteiger partial charge in [-0.05, 0) is 50.5 Å². The lowest BCUT2D eigenvalue weighted by atomic mass is 10.1. The number of nitrogens with one attached hydrogen (secondary N) is 1. The van der Waals surface area contributed by atoms with Gasteiger partial charge in [0.05, 0.1) is 6.42 Å². The van der Waals surface area contributed by atoms with E-state index in [0.717, 1.165) is 29.8 Å². The summed E-state index contributed by atoms with van der Waals surface area (Å²) in [4.78, 5) is 35.5. The molecular weight excluding hydrogens is 344 g/mol. The Balaban J connectivity index is 1.54. The quantitative estimate of drug-likeness (QED) is 0.600. The lowest BCUT2D eigenvalue weighted by Crippen LogP contribution is -2.16. The fourth-order valence-corrected chi connectivity index (χ4v) is 3.30. The summed E-state index contributed by atoms with van der Waals surface area (Å²) < 4.78 is 7.37. The number of ether oxygens (including phenoxy) is 1. The molecule has 1 heterocycles. The summed E-state index contributed by atoms with van der Waals surface area (Å²) in [5, 5.41) is 2.67. The largest absolute Gasteiger partial charge is 0.457 e. The fraction of sp³-hybridized carbons (Fsp3) is 0.381. The Bertz CT molecular complexity index is 876. The summed E-state index contributed by atoms with van der Waals surface area (Å²) in [5.41, 5.74) is 4.08. The zero-order valence-corrected chi connectivity index (χ0v) is 15.9. The SMILES string of the molecule is CC(=O)Nc1ccc(CC(=O)OCC(=O)c2cc(C)n(C3CC3)c2C)cc1. The monoisotopic (exact) mass is 368 g/mol. The van der Waals surface area contributed by atoms with Crippen molar-refractivity contribution in [3.63, 3.8) is 0 Å². The molecular formula is C21H24N2O4. The number of aromatic nitrogens is 1. The first kappa shape index (κ1) is 18.9. The topological polar surface area (TPSA) is 77.4 Å². The van der Waals surface area contributed by atoms with E-state index in [9.17, 15) is 14.4 Å². The second-order valence-corrected chi connectivity index (χ2v) is 7.02. The van der Waals surface area contributed by atoms with E-state index in [-0.39, 0.29) is 24.7 Å². The number of aryl methyl sites for hydroxylation is 1. The molecule has 1 aromatic carbocycles. The lowest BCUT2D eigenvalue weighted by Gasteiger charge is -2.08. The van der Waals surface area contributed by atoms with Crippen molar-refractivity contribution in [2.75, 3.05) is 11.9 Å². The highest BCUT2D eigenvalue weighted by Crippen LogP contribution is 2.38. The van der Waals surface area contributed by atoms with Crippen molar-refractivity contribution in [3.05, 3.63) is 52.8 Å². The van der Waals surface area contributed by atoms with Gasteiger partial charge in [-0.1, -0.05) is 12.1 Å². The van der Waals surface area contributed by atoms with Crippen molar-refractivity contribution < 1.29 is 19.1 Å². The molecule has 0 radical (unpaired) electrons. The van der Waals surface area contributed by atoms with E-state index in [1.54, 1.807) is 24.3 Å². The molecule has 1 aromatic heterocycles. The number of hydrogen-bond acceptors (Lipinski definition) is 4. The number of nitrogens with zero attached hydrogens (tertiary/aromatic N) is 1. The number of Topliss-reactive ketones (excluding diaryl/α,β-unsaturated/α-hetero) is 1. The molecule has 1 aliphatic carbocycles. The van der Waals surface area contributed by atoms with Crippen molar-refractivity contribution >= 4 is 23.3 Å². The first-order valence-electron chi connectivity index (χ1n) is 9.09. The summed E-state index contributed by atoms with van der Waals surface area (Å²) in [6.07, 6.45) is 2.38. The first-order chi connectivity index (χ1) is 12.8. The summed E-state index contributed by atoms with van der Waals surface area (Å²) in [6.45, 7) is 5.12. The maximum atomic E-state index is 12.4. The van der Waals surface area contributed by atoms with E-state index in [0.29, 0.717) is 17.3 Å². The molecule has 6 nitrogen and oxygen atoms in total. The summed E-state index contributed by atoms with van der Waals surface area (Å²) >= 11 is 0. The Morgan fingerprint density at radius 2 is 1.81 bits per heavy atom. The van der Waals surface area contributed by atoms with Gasteiger partial charge in [0.15, 0.2) is 6.61 Å². The van der Waals surface area contributed by atoms with Crippen molar-refractivity contribution in [1.29, 1.82) is 0 Å². The Morgan fingerprint density at radius 1 is 1.15 bits per heavy atom. The molecule has 1 N–H and O–H groups in total. The van der Waals surface area contributed by atoms with Crippen LogP contribution in [0.1, 0.15) is 53.1 Å². The van der Waals surface area contributed by atoms with Crippen LogP contribution in [-0.4, -0.2) is 28.8 Å². The predicted octanol–water partition coefficient (Wildman–Crippen LogP) is 3.37. The Labute approximate surface area is 158 Å². The zero-order chi connectivity index (χ0) is 19.6. The number of ketones is 1. The molecule has 1 fully saturated rings. The normalized spacial score (nSPS) is 13.3. The number of rotatable bonds is 7. The van der Waals surface area contributed by atoms with Crippen LogP contribution in [0.25, 0.3) is 0 Å². The van der Waals surface area contributed by atoms with Gasteiger partial charge in [-0.2, -0.15) is 0 Å². The van der Waals surface area contributed by atoms with Crippen molar-refractivity contribution in [2.24, 2.45) is 0 Å². The summed E-state index contributed by atoms with van der Waals surface area (Å²) in [5.74, 6) is -0.780. The van der Waals surface area contributed by atoms with Gasteiger partial charge < -0.3 is 14.6 Å². The number of esters is 1. The number of hydrogen-bond donors (Lipinski definition) is 1. The zero-order valence-electron chi connectivity index (χ0n) is 15.9. The van der Waals surface area contributed by atoms with Crippen LogP contribution in [0.2, 0.25) is 0 Å². The highest BCUT2D eigenvalue weighted by Gasteiger charge is 2.28. The number of benzene rings is 1. The molecule has 0 spiro atoms. The molecule has 6 heteroatoms. The molecule has 3 rings (SSSR count). The van der Waals surface area contributed by atoms with Crippen LogP contribution in [0, 0.1) is 13.8 Å². The molecule has 1 amide bonds. The lowest BCUT2D eigenvalue weighted by molar-refractivity contribution is -0.141. The van der Waals surface area contributed by atoms with Crippen molar-refractivity contribution in [3.8, 4) is 0 Å². The second-order valence-electron chi connectivity index (χ2n) is 7.02. The second kappa shape index (κ2) is 7.78. The smallest absolute Gasteiger partial charge is 0.310 e. The van der Waals surface area contributed by atoms with E-state index < -0.39 is 5.97 Å². The first-order valence-corrected chi connectivity index (χ1v) is 9.09. The van der Waals surface area contributed by atoms with E-state index >= 15 is 0 Å². The number of carbonyl (C=O) groups is 3. The molecule has 0 saturated heterocycles. The molecule has 142 valence electrons. The third-order valence-electron chi connectivity index (χ3n) is 4.68. The average Bonchev–Trinajstić information content (AvgIpc) is 3.39. The standard InChI is InChI=1S/C21H24N2O4/c1-13-10-19(14(2)23(13)18-8-9-18)20(25)12-27-21(26)11-16-4-6-17(7-5-16)22-15(3)24/h4-7,10,18H,8-9,11-12H2,1-3H3,(H,22,24). The average molecular weight is 368 g/mol. The van der Waals surface area contributed by atoms with Gasteiger partial charge in [-0.3, -0.25) is 14.4 Å². The fourth-order valence-electron chi connectivity index (χ4n) is 3.30. The van der Waals surface area contributed by atoms with Crippen molar-refractivity contribution in [2.45, 2.75) is 46.1 Å². The van der Waals surface area contributed by atoms with Crippen LogP contribution in [0.4, 0.5) is 5.69 Å². The molecule has 27 heavy (non-hydrogen) atoms.